The van der Waals surface area contributed by atoms with Gasteiger partial charge in [0, 0.05) is 5.56 Å². The number of phenolic OH excluding ortho intramolecular Hbond substituents is 1. The molecule has 0 amide bonds. The average Bonchev–Trinajstić information content (AvgIpc) is 3.17. The van der Waals surface area contributed by atoms with Crippen molar-refractivity contribution < 1.29 is 9.84 Å². The smallest absolute Gasteiger partial charge is 0.271 e. The molecular formula is C28H22N2O3S. The molecule has 0 bridgehead atoms. The predicted octanol–water partition coefficient (Wildman–Crippen LogP) is 4.03. The maximum Gasteiger partial charge on any atom is 0.271 e. The van der Waals surface area contributed by atoms with E-state index in [1.165, 1.54) is 22.5 Å². The van der Waals surface area contributed by atoms with Crippen LogP contribution in [0.3, 0.4) is 0 Å². The second-order valence-electron chi connectivity index (χ2n) is 8.48. The Morgan fingerprint density at radius 3 is 2.68 bits per heavy atom. The van der Waals surface area contributed by atoms with E-state index >= 15 is 0 Å². The molecule has 6 rings (SSSR count). The average molecular weight is 467 g/mol. The first-order valence-electron chi connectivity index (χ1n) is 11.2. The number of allylic oxidation sites excluding steroid dienone is 1. The number of hydrogen-bond donors (Lipinski definition) is 1. The van der Waals surface area contributed by atoms with Gasteiger partial charge in [-0.3, -0.25) is 9.36 Å². The predicted molar refractivity (Wildman–Crippen MR) is 134 cm³/mol. The van der Waals surface area contributed by atoms with Crippen LogP contribution in [0.25, 0.3) is 11.8 Å². The Bertz CT molecular complexity index is 1630. The number of aromatic nitrogens is 1. The standard InChI is InChI=1S/C28H22N2O3S/c1-33-21-12-9-19(10-13-21)26-23-14-11-18-6-2-3-8-22(18)25(23)29-28-30(26)27(32)24(34-28)16-17-5-4-7-20(31)15-17/h2-10,12-13,15-16,26,31H,11,14H2,1H3/b24-16+/t26-/m0/s1. The van der Waals surface area contributed by atoms with Gasteiger partial charge >= 0.3 is 0 Å². The number of aryl methyl sites for hydroxylation is 1. The molecule has 0 fully saturated rings. The molecule has 0 saturated carbocycles. The minimum absolute atomic E-state index is 0.0710. The van der Waals surface area contributed by atoms with Gasteiger partial charge in [-0.2, -0.15) is 0 Å². The molecule has 6 heteroatoms. The second kappa shape index (κ2) is 8.15. The maximum absolute atomic E-state index is 13.7. The van der Waals surface area contributed by atoms with E-state index in [1.54, 1.807) is 25.3 Å². The van der Waals surface area contributed by atoms with Gasteiger partial charge in [0.1, 0.15) is 11.5 Å². The third-order valence-corrected chi connectivity index (χ3v) is 7.46. The molecule has 168 valence electrons. The van der Waals surface area contributed by atoms with E-state index in [0.717, 1.165) is 41.0 Å². The van der Waals surface area contributed by atoms with Crippen LogP contribution in [0.2, 0.25) is 0 Å². The van der Waals surface area contributed by atoms with Crippen LogP contribution in [0.15, 0.2) is 88.2 Å². The Hall–Kier alpha value is -3.90. The van der Waals surface area contributed by atoms with Crippen molar-refractivity contribution in [3.05, 3.63) is 120 Å². The molecule has 2 aliphatic rings. The number of thiazole rings is 1. The zero-order chi connectivity index (χ0) is 23.2. The van der Waals surface area contributed by atoms with Gasteiger partial charge in [0.25, 0.3) is 5.56 Å². The van der Waals surface area contributed by atoms with Crippen LogP contribution in [0, 0.1) is 0 Å². The zero-order valence-electron chi connectivity index (χ0n) is 18.6. The minimum Gasteiger partial charge on any atom is -0.508 e. The maximum atomic E-state index is 13.7. The summed E-state index contributed by atoms with van der Waals surface area (Å²) < 4.78 is 7.78. The van der Waals surface area contributed by atoms with E-state index in [4.69, 9.17) is 9.73 Å². The number of nitrogens with zero attached hydrogens (tertiary/aromatic N) is 2. The van der Waals surface area contributed by atoms with Crippen molar-refractivity contribution >= 4 is 23.1 Å². The highest BCUT2D eigenvalue weighted by Gasteiger charge is 2.32. The van der Waals surface area contributed by atoms with Crippen LogP contribution < -0.4 is 19.6 Å². The van der Waals surface area contributed by atoms with Gasteiger partial charge in [-0.25, -0.2) is 4.99 Å². The van der Waals surface area contributed by atoms with Crippen molar-refractivity contribution in [1.82, 2.24) is 4.57 Å². The first kappa shape index (κ1) is 20.7. The Labute approximate surface area is 200 Å². The fourth-order valence-electron chi connectivity index (χ4n) is 4.87. The number of methoxy groups -OCH3 is 1. The van der Waals surface area contributed by atoms with E-state index in [1.807, 2.05) is 47.0 Å². The molecule has 2 heterocycles. The van der Waals surface area contributed by atoms with Crippen LogP contribution in [0.1, 0.15) is 34.7 Å². The SMILES string of the molecule is COc1ccc([C@H]2C3=C(N=c4s/c(=C/c5cccc(O)c5)c(=O)n42)c2ccccc2CC3)cc1. The van der Waals surface area contributed by atoms with Gasteiger partial charge in [-0.15, -0.1) is 0 Å². The number of aromatic hydroxyl groups is 1. The van der Waals surface area contributed by atoms with Gasteiger partial charge in [0.15, 0.2) is 4.80 Å². The van der Waals surface area contributed by atoms with Crippen LogP contribution >= 0.6 is 11.3 Å². The highest BCUT2D eigenvalue weighted by atomic mass is 32.1. The monoisotopic (exact) mass is 466 g/mol. The molecule has 1 atom stereocenters. The lowest BCUT2D eigenvalue weighted by Crippen LogP contribution is -2.38. The lowest BCUT2D eigenvalue weighted by molar-refractivity contribution is 0.414. The van der Waals surface area contributed by atoms with E-state index in [-0.39, 0.29) is 17.4 Å². The van der Waals surface area contributed by atoms with Crippen LogP contribution in [-0.2, 0) is 6.42 Å². The first-order valence-corrected chi connectivity index (χ1v) is 12.0. The molecule has 1 aromatic heterocycles. The molecule has 0 radical (unpaired) electrons. The minimum atomic E-state index is -0.225. The van der Waals surface area contributed by atoms with Gasteiger partial charge in [0.2, 0.25) is 0 Å². The summed E-state index contributed by atoms with van der Waals surface area (Å²) in [7, 11) is 1.65. The van der Waals surface area contributed by atoms with Crippen molar-refractivity contribution in [3.8, 4) is 11.5 Å². The molecule has 1 aliphatic heterocycles. The Balaban J connectivity index is 1.61. The Morgan fingerprint density at radius 2 is 1.88 bits per heavy atom. The van der Waals surface area contributed by atoms with Crippen molar-refractivity contribution in [2.75, 3.05) is 7.11 Å². The fraction of sp³-hybridized carbons (Fsp3) is 0.143. The molecular weight excluding hydrogens is 444 g/mol. The highest BCUT2D eigenvalue weighted by Crippen LogP contribution is 2.41. The number of rotatable bonds is 3. The van der Waals surface area contributed by atoms with Gasteiger partial charge in [-0.1, -0.05) is 59.9 Å². The van der Waals surface area contributed by atoms with Crippen molar-refractivity contribution in [3.63, 3.8) is 0 Å². The number of ether oxygens (including phenoxy) is 1. The van der Waals surface area contributed by atoms with Crippen LogP contribution in [0.4, 0.5) is 0 Å². The lowest BCUT2D eigenvalue weighted by atomic mass is 9.83. The number of fused-ring (bicyclic) bond motifs is 3. The Morgan fingerprint density at radius 1 is 1.06 bits per heavy atom. The van der Waals surface area contributed by atoms with E-state index in [2.05, 4.69) is 18.2 Å². The summed E-state index contributed by atoms with van der Waals surface area (Å²) in [5.41, 5.74) is 6.32. The third-order valence-electron chi connectivity index (χ3n) is 6.47. The van der Waals surface area contributed by atoms with E-state index in [9.17, 15) is 9.90 Å². The summed E-state index contributed by atoms with van der Waals surface area (Å²) in [5.74, 6) is 0.952. The summed E-state index contributed by atoms with van der Waals surface area (Å²) in [4.78, 5) is 19.4. The van der Waals surface area contributed by atoms with Crippen molar-refractivity contribution in [2.24, 2.45) is 4.99 Å². The summed E-state index contributed by atoms with van der Waals surface area (Å²) in [6.07, 6.45) is 3.60. The van der Waals surface area contributed by atoms with Crippen molar-refractivity contribution in [1.29, 1.82) is 0 Å². The third kappa shape index (κ3) is 3.38. The fourth-order valence-corrected chi connectivity index (χ4v) is 5.88. The zero-order valence-corrected chi connectivity index (χ0v) is 19.4. The molecule has 3 aromatic carbocycles. The molecule has 34 heavy (non-hydrogen) atoms. The molecule has 0 spiro atoms. The summed E-state index contributed by atoms with van der Waals surface area (Å²) in [5, 5.41) is 9.85. The quantitative estimate of drug-likeness (QED) is 0.496. The topological polar surface area (TPSA) is 63.8 Å². The molecule has 1 aliphatic carbocycles. The van der Waals surface area contributed by atoms with Crippen LogP contribution in [0.5, 0.6) is 11.5 Å². The summed E-state index contributed by atoms with van der Waals surface area (Å²) in [6, 6.07) is 23.0. The molecule has 0 saturated heterocycles. The largest absolute Gasteiger partial charge is 0.508 e. The number of hydrogen-bond acceptors (Lipinski definition) is 5. The van der Waals surface area contributed by atoms with Gasteiger partial charge < -0.3 is 9.84 Å². The van der Waals surface area contributed by atoms with Crippen LogP contribution in [-0.4, -0.2) is 16.8 Å². The van der Waals surface area contributed by atoms with Crippen molar-refractivity contribution in [2.45, 2.75) is 18.9 Å². The normalized spacial score (nSPS) is 17.0. The highest BCUT2D eigenvalue weighted by molar-refractivity contribution is 7.07. The first-order chi connectivity index (χ1) is 16.6. The number of benzene rings is 3. The van der Waals surface area contributed by atoms with E-state index < -0.39 is 0 Å². The molecule has 5 nitrogen and oxygen atoms in total. The molecule has 1 N–H and O–H groups in total. The summed E-state index contributed by atoms with van der Waals surface area (Å²) in [6.45, 7) is 0. The molecule has 4 aromatic rings. The van der Waals surface area contributed by atoms with Gasteiger partial charge in [0.05, 0.1) is 23.4 Å². The Kier molecular flexibility index (Phi) is 4.96. The summed E-state index contributed by atoms with van der Waals surface area (Å²) >= 11 is 1.39. The molecule has 0 unspecified atom stereocenters. The second-order valence-corrected chi connectivity index (χ2v) is 9.49. The lowest BCUT2D eigenvalue weighted by Gasteiger charge is -2.30. The number of phenols is 1. The van der Waals surface area contributed by atoms with E-state index in [0.29, 0.717) is 9.33 Å². The van der Waals surface area contributed by atoms with Gasteiger partial charge in [-0.05, 0) is 65.4 Å².